The Bertz CT molecular complexity index is 1560. The van der Waals surface area contributed by atoms with Crippen LogP contribution in [-0.4, -0.2) is 46.8 Å². The first-order valence-corrected chi connectivity index (χ1v) is 13.9. The van der Waals surface area contributed by atoms with Crippen molar-refractivity contribution in [3.8, 4) is 17.2 Å². The third-order valence-corrected chi connectivity index (χ3v) is 7.36. The molecule has 1 heterocycles. The van der Waals surface area contributed by atoms with E-state index in [-0.39, 0.29) is 11.6 Å². The van der Waals surface area contributed by atoms with Crippen molar-refractivity contribution in [1.82, 2.24) is 19.8 Å². The van der Waals surface area contributed by atoms with Crippen molar-refractivity contribution in [2.75, 3.05) is 20.8 Å². The van der Waals surface area contributed by atoms with E-state index in [1.807, 2.05) is 76.2 Å². The van der Waals surface area contributed by atoms with Gasteiger partial charge in [0, 0.05) is 24.2 Å². The van der Waals surface area contributed by atoms with E-state index in [0.717, 1.165) is 5.56 Å². The molecule has 1 aromatic heterocycles. The van der Waals surface area contributed by atoms with Gasteiger partial charge in [-0.05, 0) is 67.7 Å². The molecule has 0 aliphatic carbocycles. The highest BCUT2D eigenvalue weighted by Crippen LogP contribution is 2.37. The molecule has 9 heteroatoms. The van der Waals surface area contributed by atoms with Gasteiger partial charge in [0.1, 0.15) is 17.3 Å². The van der Waals surface area contributed by atoms with Crippen LogP contribution in [0.4, 0.5) is 4.79 Å². The second-order valence-electron chi connectivity index (χ2n) is 10.6. The van der Waals surface area contributed by atoms with Crippen molar-refractivity contribution < 1.29 is 14.3 Å². The minimum absolute atomic E-state index is 0.243. The minimum Gasteiger partial charge on any atom is -0.497 e. The molecule has 0 saturated carbocycles. The van der Waals surface area contributed by atoms with Gasteiger partial charge < -0.3 is 19.7 Å². The molecular formula is C31H35BrN4O4. The van der Waals surface area contributed by atoms with Crippen LogP contribution >= 0.6 is 15.9 Å². The van der Waals surface area contributed by atoms with E-state index < -0.39 is 11.6 Å². The highest BCUT2D eigenvalue weighted by Gasteiger charge is 2.30. The number of para-hydroxylation sites is 1. The summed E-state index contributed by atoms with van der Waals surface area (Å²) in [6, 6.07) is 19.9. The molecule has 0 radical (unpaired) electrons. The molecule has 0 aliphatic rings. The van der Waals surface area contributed by atoms with Gasteiger partial charge in [-0.15, -0.1) is 0 Å². The van der Waals surface area contributed by atoms with E-state index in [0.29, 0.717) is 51.4 Å². The van der Waals surface area contributed by atoms with Crippen LogP contribution in [0.3, 0.4) is 0 Å². The van der Waals surface area contributed by atoms with Crippen LogP contribution in [-0.2, 0) is 6.42 Å². The maximum atomic E-state index is 14.1. The number of carbonyl (C=O) groups excluding carboxylic acids is 1. The van der Waals surface area contributed by atoms with Crippen molar-refractivity contribution in [2.24, 2.45) is 0 Å². The van der Waals surface area contributed by atoms with Gasteiger partial charge in [-0.3, -0.25) is 9.36 Å². The normalized spacial score (nSPS) is 12.2. The molecule has 0 saturated heterocycles. The Morgan fingerprint density at radius 3 is 2.38 bits per heavy atom. The summed E-state index contributed by atoms with van der Waals surface area (Å²) in [6.07, 6.45) is 0.636. The molecule has 3 aromatic carbocycles. The summed E-state index contributed by atoms with van der Waals surface area (Å²) >= 11 is 3.63. The van der Waals surface area contributed by atoms with Crippen LogP contribution in [0.2, 0.25) is 0 Å². The lowest BCUT2D eigenvalue weighted by atomic mass is 10.1. The fourth-order valence-corrected chi connectivity index (χ4v) is 5.12. The van der Waals surface area contributed by atoms with Crippen LogP contribution < -0.4 is 20.3 Å². The topological polar surface area (TPSA) is 85.7 Å². The lowest BCUT2D eigenvalue weighted by Gasteiger charge is -2.33. The fourth-order valence-electron chi connectivity index (χ4n) is 4.55. The monoisotopic (exact) mass is 606 g/mol. The number of nitrogens with zero attached hydrogens (tertiary/aromatic N) is 3. The number of benzene rings is 3. The predicted octanol–water partition coefficient (Wildman–Crippen LogP) is 6.28. The molecule has 1 N–H and O–H groups in total. The van der Waals surface area contributed by atoms with Gasteiger partial charge in [-0.1, -0.05) is 42.5 Å². The molecule has 210 valence electrons. The number of methoxy groups -OCH3 is 2. The quantitative estimate of drug-likeness (QED) is 0.255. The number of halogens is 1. The molecule has 8 nitrogen and oxygen atoms in total. The van der Waals surface area contributed by atoms with E-state index in [1.165, 1.54) is 0 Å². The first kappa shape index (κ1) is 29.1. The Morgan fingerprint density at radius 2 is 1.73 bits per heavy atom. The molecule has 0 fully saturated rings. The average molecular weight is 608 g/mol. The third-order valence-electron chi connectivity index (χ3n) is 6.56. The van der Waals surface area contributed by atoms with Gasteiger partial charge in [-0.2, -0.15) is 0 Å². The van der Waals surface area contributed by atoms with Gasteiger partial charge in [0.25, 0.3) is 5.56 Å². The number of aromatic nitrogens is 2. The standard InChI is InChI=1S/C31H35BrN4O4/c1-20(35(30(38)34-31(2,3)4)17-16-21-12-8-7-9-13-21)28-33-24-15-11-10-14-23(24)29(37)36(28)25-18-22(39-5)19-26(40-6)27(25)32/h7-15,18-20H,16-17H2,1-6H3,(H,34,38). The predicted molar refractivity (Wildman–Crippen MR) is 162 cm³/mol. The van der Waals surface area contributed by atoms with Crippen molar-refractivity contribution in [3.05, 3.63) is 92.9 Å². The zero-order valence-electron chi connectivity index (χ0n) is 23.7. The minimum atomic E-state index is -0.576. The molecule has 1 atom stereocenters. The lowest BCUT2D eigenvalue weighted by Crippen LogP contribution is -2.50. The summed E-state index contributed by atoms with van der Waals surface area (Å²) in [4.78, 5) is 34.5. The Labute approximate surface area is 243 Å². The zero-order valence-corrected chi connectivity index (χ0v) is 25.3. The van der Waals surface area contributed by atoms with Gasteiger partial charge in [-0.25, -0.2) is 9.78 Å². The number of urea groups is 1. The maximum Gasteiger partial charge on any atom is 0.318 e. The number of hydrogen-bond acceptors (Lipinski definition) is 5. The van der Waals surface area contributed by atoms with Crippen LogP contribution in [0.15, 0.2) is 76.0 Å². The van der Waals surface area contributed by atoms with Crippen molar-refractivity contribution in [3.63, 3.8) is 0 Å². The summed E-state index contributed by atoms with van der Waals surface area (Å²) < 4.78 is 13.2. The van der Waals surface area contributed by atoms with E-state index >= 15 is 0 Å². The van der Waals surface area contributed by atoms with Gasteiger partial charge >= 0.3 is 6.03 Å². The van der Waals surface area contributed by atoms with Gasteiger partial charge in [0.2, 0.25) is 0 Å². The molecule has 40 heavy (non-hydrogen) atoms. The Hall–Kier alpha value is -3.85. The number of rotatable bonds is 8. The molecule has 0 spiro atoms. The number of ether oxygens (including phenoxy) is 2. The number of fused-ring (bicyclic) bond motifs is 1. The lowest BCUT2D eigenvalue weighted by molar-refractivity contribution is 0.168. The fraction of sp³-hybridized carbons (Fsp3) is 0.323. The van der Waals surface area contributed by atoms with Crippen molar-refractivity contribution in [2.45, 2.75) is 45.7 Å². The number of nitrogens with one attached hydrogen (secondary N) is 1. The first-order chi connectivity index (χ1) is 19.0. The molecule has 2 amide bonds. The molecule has 0 aliphatic heterocycles. The zero-order chi connectivity index (χ0) is 29.0. The van der Waals surface area contributed by atoms with Crippen LogP contribution in [0, 0.1) is 0 Å². The van der Waals surface area contributed by atoms with Crippen LogP contribution in [0.1, 0.15) is 45.1 Å². The Kier molecular flexibility index (Phi) is 8.83. The largest absolute Gasteiger partial charge is 0.497 e. The Morgan fingerprint density at radius 1 is 1.05 bits per heavy atom. The smallest absolute Gasteiger partial charge is 0.318 e. The average Bonchev–Trinajstić information content (AvgIpc) is 2.93. The van der Waals surface area contributed by atoms with Crippen molar-refractivity contribution >= 4 is 32.9 Å². The summed E-state index contributed by atoms with van der Waals surface area (Å²) in [5.74, 6) is 1.43. The molecule has 0 bridgehead atoms. The summed E-state index contributed by atoms with van der Waals surface area (Å²) in [5, 5.41) is 3.55. The first-order valence-electron chi connectivity index (χ1n) is 13.1. The second-order valence-corrected chi connectivity index (χ2v) is 11.4. The molecular weight excluding hydrogens is 572 g/mol. The van der Waals surface area contributed by atoms with Crippen LogP contribution in [0.5, 0.6) is 11.5 Å². The SMILES string of the molecule is COc1cc(OC)c(Br)c(-n2c(C(C)N(CCc3ccccc3)C(=O)NC(C)(C)C)nc3ccccc3c2=O)c1. The van der Waals surface area contributed by atoms with Gasteiger partial charge in [0.05, 0.1) is 41.3 Å². The summed E-state index contributed by atoms with van der Waals surface area (Å²) in [6.45, 7) is 8.13. The maximum absolute atomic E-state index is 14.1. The van der Waals surface area contributed by atoms with E-state index in [2.05, 4.69) is 21.2 Å². The Balaban J connectivity index is 1.93. The van der Waals surface area contributed by atoms with E-state index in [9.17, 15) is 9.59 Å². The van der Waals surface area contributed by atoms with Gasteiger partial charge in [0.15, 0.2) is 0 Å². The van der Waals surface area contributed by atoms with Crippen molar-refractivity contribution in [1.29, 1.82) is 0 Å². The molecule has 1 unspecified atom stereocenters. The highest BCUT2D eigenvalue weighted by atomic mass is 79.9. The summed E-state index contributed by atoms with van der Waals surface area (Å²) in [7, 11) is 3.11. The number of amides is 2. The molecule has 4 rings (SSSR count). The third kappa shape index (κ3) is 6.31. The molecule has 4 aromatic rings. The number of carbonyl (C=O) groups is 1. The highest BCUT2D eigenvalue weighted by molar-refractivity contribution is 9.10. The van der Waals surface area contributed by atoms with E-state index in [4.69, 9.17) is 14.5 Å². The summed E-state index contributed by atoms with van der Waals surface area (Å²) in [5.41, 5.74) is 1.44. The van der Waals surface area contributed by atoms with Crippen LogP contribution in [0.25, 0.3) is 16.6 Å². The number of hydrogen-bond donors (Lipinski definition) is 1. The van der Waals surface area contributed by atoms with E-state index in [1.54, 1.807) is 41.9 Å². The second kappa shape index (κ2) is 12.1.